The van der Waals surface area contributed by atoms with Crippen LogP contribution in [-0.2, 0) is 0 Å². The Morgan fingerprint density at radius 1 is 0.511 bits per heavy atom. The van der Waals surface area contributed by atoms with Gasteiger partial charge in [0.15, 0.2) is 0 Å². The normalized spacial score (nSPS) is 12.4. The quantitative estimate of drug-likeness (QED) is 0.196. The zero-order valence-electron chi connectivity index (χ0n) is 23.9. The molecule has 4 nitrogen and oxygen atoms in total. The lowest BCUT2D eigenvalue weighted by Crippen LogP contribution is -1.97. The molecule has 208 valence electrons. The predicted molar refractivity (Wildman–Crippen MR) is 183 cm³/mol. The molecule has 0 radical (unpaired) electrons. The second-order valence-electron chi connectivity index (χ2n) is 11.9. The zero-order valence-corrected chi connectivity index (χ0v) is 23.9. The van der Waals surface area contributed by atoms with Gasteiger partial charge in [0, 0.05) is 55.4 Å². The number of pyridine rings is 1. The largest absolute Gasteiger partial charge is 0.456 e. The van der Waals surface area contributed by atoms with Gasteiger partial charge in [0.1, 0.15) is 22.3 Å². The lowest BCUT2D eigenvalue weighted by molar-refractivity contribution is 0.669. The van der Waals surface area contributed by atoms with Crippen molar-refractivity contribution < 1.29 is 8.83 Å². The molecule has 4 aromatic heterocycles. The van der Waals surface area contributed by atoms with Crippen LogP contribution in [-0.4, -0.2) is 9.55 Å². The molecule has 5 heterocycles. The molecule has 4 heteroatoms. The van der Waals surface area contributed by atoms with Gasteiger partial charge in [-0.05, 0) is 66.2 Å². The number of hydrogen-bond acceptors (Lipinski definition) is 3. The molecule has 0 bridgehead atoms. The number of para-hydroxylation sites is 3. The molecule has 0 amide bonds. The summed E-state index contributed by atoms with van der Waals surface area (Å²) in [6.45, 7) is 0. The van der Waals surface area contributed by atoms with Crippen LogP contribution >= 0.6 is 0 Å². The number of benzene rings is 6. The summed E-state index contributed by atoms with van der Waals surface area (Å²) in [5, 5.41) is 6.86. The van der Waals surface area contributed by atoms with E-state index in [1.54, 1.807) is 0 Å². The minimum atomic E-state index is 0.858. The van der Waals surface area contributed by atoms with Crippen LogP contribution in [0, 0.1) is 0 Å². The van der Waals surface area contributed by atoms with Gasteiger partial charge in [0.25, 0.3) is 0 Å². The molecule has 0 N–H and O–H groups in total. The summed E-state index contributed by atoms with van der Waals surface area (Å²) in [7, 11) is 0. The van der Waals surface area contributed by atoms with E-state index in [0.29, 0.717) is 0 Å². The summed E-state index contributed by atoms with van der Waals surface area (Å²) in [5.41, 5.74) is 13.6. The molecule has 1 aliphatic rings. The SMILES string of the molecule is c1ccc(-c2ccc3oc4ccc5c(c4c3c2)-n2c3ccccc3c3cccc(c32)-c2c-5ccc3c2oc2ccccc23)nc1. The first-order valence-corrected chi connectivity index (χ1v) is 15.2. The van der Waals surface area contributed by atoms with Crippen LogP contribution in [0.1, 0.15) is 0 Å². The van der Waals surface area contributed by atoms with E-state index in [1.165, 1.54) is 16.3 Å². The third-order valence-electron chi connectivity index (χ3n) is 9.59. The molecule has 10 aromatic rings. The smallest absolute Gasteiger partial charge is 0.143 e. The number of hydrogen-bond donors (Lipinski definition) is 0. The summed E-state index contributed by atoms with van der Waals surface area (Å²) in [6, 6.07) is 45.0. The van der Waals surface area contributed by atoms with E-state index in [1.807, 2.05) is 24.4 Å². The van der Waals surface area contributed by atoms with Gasteiger partial charge in [-0.25, -0.2) is 0 Å². The zero-order chi connectivity index (χ0) is 29.2. The Balaban J connectivity index is 1.39. The third kappa shape index (κ3) is 2.93. The number of nitrogens with zero attached hydrogens (tertiary/aromatic N) is 2. The van der Waals surface area contributed by atoms with E-state index in [4.69, 9.17) is 8.83 Å². The molecular weight excluding hydrogens is 552 g/mol. The Bertz CT molecular complexity index is 2870. The van der Waals surface area contributed by atoms with E-state index < -0.39 is 0 Å². The van der Waals surface area contributed by atoms with Crippen LogP contribution in [0.5, 0.6) is 0 Å². The monoisotopic (exact) mass is 574 g/mol. The molecule has 6 aromatic carbocycles. The summed E-state index contributed by atoms with van der Waals surface area (Å²) in [5.74, 6) is 0. The Morgan fingerprint density at radius 3 is 2.24 bits per heavy atom. The first-order valence-electron chi connectivity index (χ1n) is 15.2. The van der Waals surface area contributed by atoms with Gasteiger partial charge < -0.3 is 13.4 Å². The molecule has 1 aliphatic heterocycles. The highest BCUT2D eigenvalue weighted by molar-refractivity contribution is 6.24. The van der Waals surface area contributed by atoms with Crippen molar-refractivity contribution in [2.24, 2.45) is 0 Å². The minimum absolute atomic E-state index is 0.858. The second kappa shape index (κ2) is 8.28. The molecule has 0 fully saturated rings. The van der Waals surface area contributed by atoms with E-state index in [9.17, 15) is 0 Å². The lowest BCUT2D eigenvalue weighted by atomic mass is 9.91. The number of furan rings is 2. The van der Waals surface area contributed by atoms with Gasteiger partial charge >= 0.3 is 0 Å². The van der Waals surface area contributed by atoms with Gasteiger partial charge in [-0.1, -0.05) is 66.7 Å². The molecule has 0 saturated heterocycles. The molecule has 0 unspecified atom stereocenters. The van der Waals surface area contributed by atoms with Crippen LogP contribution in [0.2, 0.25) is 0 Å². The van der Waals surface area contributed by atoms with Gasteiger partial charge in [-0.15, -0.1) is 0 Å². The Morgan fingerprint density at radius 2 is 1.31 bits per heavy atom. The maximum atomic E-state index is 6.71. The molecular formula is C41H22N2O2. The van der Waals surface area contributed by atoms with Crippen molar-refractivity contribution in [2.75, 3.05) is 0 Å². The van der Waals surface area contributed by atoms with Crippen LogP contribution in [0.4, 0.5) is 0 Å². The number of rotatable bonds is 1. The fourth-order valence-corrected chi connectivity index (χ4v) is 7.73. The fourth-order valence-electron chi connectivity index (χ4n) is 7.73. The van der Waals surface area contributed by atoms with Crippen LogP contribution in [0.25, 0.3) is 105 Å². The van der Waals surface area contributed by atoms with Gasteiger partial charge in [0.2, 0.25) is 0 Å². The average Bonchev–Trinajstić information content (AvgIpc) is 3.74. The predicted octanol–water partition coefficient (Wildman–Crippen LogP) is 11.3. The lowest BCUT2D eigenvalue weighted by Gasteiger charge is -2.14. The first-order chi connectivity index (χ1) is 22.3. The Kier molecular flexibility index (Phi) is 4.29. The average molecular weight is 575 g/mol. The molecule has 0 atom stereocenters. The Labute approximate surface area is 256 Å². The van der Waals surface area contributed by atoms with Crippen molar-refractivity contribution in [1.29, 1.82) is 0 Å². The molecule has 0 aliphatic carbocycles. The maximum Gasteiger partial charge on any atom is 0.143 e. The second-order valence-corrected chi connectivity index (χ2v) is 11.9. The van der Waals surface area contributed by atoms with Gasteiger partial charge in [-0.2, -0.15) is 0 Å². The van der Waals surface area contributed by atoms with E-state index in [0.717, 1.165) is 88.6 Å². The van der Waals surface area contributed by atoms with Crippen LogP contribution < -0.4 is 0 Å². The highest BCUT2D eigenvalue weighted by atomic mass is 16.3. The van der Waals surface area contributed by atoms with Crippen molar-refractivity contribution in [3.63, 3.8) is 0 Å². The standard InChI is InChI=1S/C41H22N2O2/c1-3-13-33-24(8-1)27-10-7-11-30-37-26(16-17-29-25-9-2-4-14-34(25)45-41(29)37)28-18-20-36-38(40(28)43(33)39(27)30)31-22-23(15-19-35(31)44-36)32-12-5-6-21-42-32/h1-22H. The van der Waals surface area contributed by atoms with Crippen molar-refractivity contribution in [2.45, 2.75) is 0 Å². The van der Waals surface area contributed by atoms with E-state index in [2.05, 4.69) is 119 Å². The summed E-state index contributed by atoms with van der Waals surface area (Å²) in [4.78, 5) is 4.65. The van der Waals surface area contributed by atoms with Crippen molar-refractivity contribution in [1.82, 2.24) is 9.55 Å². The van der Waals surface area contributed by atoms with E-state index >= 15 is 0 Å². The summed E-state index contributed by atoms with van der Waals surface area (Å²) < 4.78 is 15.7. The molecule has 0 saturated carbocycles. The Hall–Kier alpha value is -6.13. The first kappa shape index (κ1) is 23.3. The number of fused-ring (bicyclic) bond motifs is 16. The summed E-state index contributed by atoms with van der Waals surface area (Å²) in [6.07, 6.45) is 1.84. The maximum absolute atomic E-state index is 6.71. The minimum Gasteiger partial charge on any atom is -0.456 e. The van der Waals surface area contributed by atoms with Crippen LogP contribution in [0.15, 0.2) is 142 Å². The molecule has 11 rings (SSSR count). The molecule has 45 heavy (non-hydrogen) atoms. The topological polar surface area (TPSA) is 44.1 Å². The van der Waals surface area contributed by atoms with Crippen molar-refractivity contribution in [3.8, 4) is 39.2 Å². The highest BCUT2D eigenvalue weighted by Gasteiger charge is 2.30. The highest BCUT2D eigenvalue weighted by Crippen LogP contribution is 2.52. The fraction of sp³-hybridized carbons (Fsp3) is 0. The van der Waals surface area contributed by atoms with Crippen molar-refractivity contribution in [3.05, 3.63) is 134 Å². The van der Waals surface area contributed by atoms with Crippen LogP contribution in [0.3, 0.4) is 0 Å². The molecule has 0 spiro atoms. The third-order valence-corrected chi connectivity index (χ3v) is 9.59. The van der Waals surface area contributed by atoms with Crippen molar-refractivity contribution >= 4 is 65.7 Å². The van der Waals surface area contributed by atoms with Gasteiger partial charge in [-0.3, -0.25) is 4.98 Å². The van der Waals surface area contributed by atoms with E-state index in [-0.39, 0.29) is 0 Å². The number of aromatic nitrogens is 2. The summed E-state index contributed by atoms with van der Waals surface area (Å²) >= 11 is 0. The van der Waals surface area contributed by atoms with Gasteiger partial charge in [0.05, 0.1) is 27.8 Å².